The van der Waals surface area contributed by atoms with Crippen LogP contribution in [0, 0.1) is 0 Å². The van der Waals surface area contributed by atoms with Crippen molar-refractivity contribution in [2.24, 2.45) is 4.99 Å². The molecule has 0 spiro atoms. The predicted molar refractivity (Wildman–Crippen MR) is 119 cm³/mol. The molecule has 0 fully saturated rings. The van der Waals surface area contributed by atoms with Gasteiger partial charge in [0, 0.05) is 11.4 Å². The van der Waals surface area contributed by atoms with Gasteiger partial charge in [-0.3, -0.25) is 0 Å². The first-order chi connectivity index (χ1) is 13.4. The van der Waals surface area contributed by atoms with Crippen molar-refractivity contribution >= 4 is 39.1 Å². The fraction of sp³-hybridized carbons (Fsp3) is 0.0417. The molecule has 4 aromatic carbocycles. The first kappa shape index (κ1) is 17.4. The summed E-state index contributed by atoms with van der Waals surface area (Å²) >= 11 is 1.71. The van der Waals surface area contributed by atoms with Crippen molar-refractivity contribution in [2.75, 3.05) is 5.32 Å². The average Bonchev–Trinajstić information content (AvgIpc) is 2.73. The zero-order chi connectivity index (χ0) is 18.3. The molecule has 0 atom stereocenters. The summed E-state index contributed by atoms with van der Waals surface area (Å²) in [7, 11) is 0. The van der Waals surface area contributed by atoms with Gasteiger partial charge in [0.2, 0.25) is 0 Å². The van der Waals surface area contributed by atoms with Crippen molar-refractivity contribution in [3.05, 3.63) is 109 Å². The summed E-state index contributed by atoms with van der Waals surface area (Å²) in [6, 6.07) is 35.3. The van der Waals surface area contributed by atoms with Crippen LogP contribution >= 0.6 is 11.8 Å². The summed E-state index contributed by atoms with van der Waals surface area (Å²) in [5, 5.41) is 6.88. The summed E-state index contributed by atoms with van der Waals surface area (Å²) in [5.41, 5.74) is 3.27. The second-order valence-electron chi connectivity index (χ2n) is 6.21. The number of fused-ring (bicyclic) bond motifs is 1. The highest BCUT2D eigenvalue weighted by Crippen LogP contribution is 2.23. The van der Waals surface area contributed by atoms with Crippen LogP contribution < -0.4 is 5.32 Å². The van der Waals surface area contributed by atoms with E-state index in [-0.39, 0.29) is 0 Å². The molecular weight excluding hydrogens is 348 g/mol. The number of thioether (sulfide) groups is 1. The molecule has 0 radical (unpaired) electrons. The lowest BCUT2D eigenvalue weighted by Gasteiger charge is -2.10. The molecule has 27 heavy (non-hydrogen) atoms. The Bertz CT molecular complexity index is 1040. The van der Waals surface area contributed by atoms with Crippen LogP contribution in [0.3, 0.4) is 0 Å². The van der Waals surface area contributed by atoms with E-state index in [2.05, 4.69) is 59.9 Å². The van der Waals surface area contributed by atoms with Gasteiger partial charge in [-0.15, -0.1) is 0 Å². The van der Waals surface area contributed by atoms with Crippen LogP contribution in [-0.2, 0) is 5.75 Å². The van der Waals surface area contributed by atoms with Gasteiger partial charge in [-0.1, -0.05) is 90.6 Å². The third-order valence-corrected chi connectivity index (χ3v) is 5.15. The minimum absolute atomic E-state index is 0.857. The quantitative estimate of drug-likeness (QED) is 0.314. The van der Waals surface area contributed by atoms with E-state index in [0.717, 1.165) is 22.3 Å². The van der Waals surface area contributed by atoms with Gasteiger partial charge < -0.3 is 5.32 Å². The number of anilines is 1. The number of aliphatic imine (C=N–C) groups is 1. The molecule has 0 aromatic heterocycles. The van der Waals surface area contributed by atoms with Crippen LogP contribution in [0.4, 0.5) is 11.4 Å². The maximum absolute atomic E-state index is 4.80. The number of amidine groups is 1. The molecule has 0 heterocycles. The third-order valence-electron chi connectivity index (χ3n) is 4.20. The Balaban J connectivity index is 1.55. The van der Waals surface area contributed by atoms with Gasteiger partial charge in [-0.2, -0.15) is 0 Å². The summed E-state index contributed by atoms with van der Waals surface area (Å²) in [6.45, 7) is 0. The number of benzene rings is 4. The van der Waals surface area contributed by atoms with Crippen LogP contribution in [-0.4, -0.2) is 5.17 Å². The zero-order valence-corrected chi connectivity index (χ0v) is 15.7. The maximum Gasteiger partial charge on any atom is 0.166 e. The van der Waals surface area contributed by atoms with Gasteiger partial charge in [0.25, 0.3) is 0 Å². The fourth-order valence-electron chi connectivity index (χ4n) is 2.84. The summed E-state index contributed by atoms with van der Waals surface area (Å²) < 4.78 is 0. The highest BCUT2D eigenvalue weighted by Gasteiger charge is 2.04. The monoisotopic (exact) mass is 368 g/mol. The van der Waals surface area contributed by atoms with E-state index < -0.39 is 0 Å². The second-order valence-corrected chi connectivity index (χ2v) is 7.18. The van der Waals surface area contributed by atoms with Gasteiger partial charge in [0.15, 0.2) is 5.17 Å². The Morgan fingerprint density at radius 2 is 1.37 bits per heavy atom. The standard InChI is InChI=1S/C24H20N2S/c1-3-11-22(12-4-1)25-24(26-23-13-5-2-6-14-23)27-18-19-15-16-20-9-7-8-10-21(20)17-19/h1-17H,18H2,(H,25,26). The third kappa shape index (κ3) is 4.78. The molecule has 0 saturated heterocycles. The van der Waals surface area contributed by atoms with Crippen molar-refractivity contribution < 1.29 is 0 Å². The second kappa shape index (κ2) is 8.56. The Labute approximate surface area is 164 Å². The number of hydrogen-bond donors (Lipinski definition) is 1. The zero-order valence-electron chi connectivity index (χ0n) is 14.9. The van der Waals surface area contributed by atoms with Crippen LogP contribution in [0.2, 0.25) is 0 Å². The molecule has 0 aliphatic rings. The smallest absolute Gasteiger partial charge is 0.166 e. The molecule has 3 heteroatoms. The molecule has 1 N–H and O–H groups in total. The van der Waals surface area contributed by atoms with E-state index in [1.165, 1.54) is 16.3 Å². The van der Waals surface area contributed by atoms with E-state index in [4.69, 9.17) is 4.99 Å². The molecule has 0 aliphatic carbocycles. The van der Waals surface area contributed by atoms with Gasteiger partial charge in [0.05, 0.1) is 5.69 Å². The lowest BCUT2D eigenvalue weighted by molar-refractivity contribution is 1.44. The molecule has 132 valence electrons. The fourth-order valence-corrected chi connectivity index (χ4v) is 3.68. The van der Waals surface area contributed by atoms with Crippen LogP contribution in [0.1, 0.15) is 5.56 Å². The largest absolute Gasteiger partial charge is 0.335 e. The van der Waals surface area contributed by atoms with Crippen molar-refractivity contribution in [3.63, 3.8) is 0 Å². The highest BCUT2D eigenvalue weighted by molar-refractivity contribution is 8.13. The van der Waals surface area contributed by atoms with Crippen LogP contribution in [0.25, 0.3) is 10.8 Å². The van der Waals surface area contributed by atoms with Gasteiger partial charge in [-0.25, -0.2) is 4.99 Å². The van der Waals surface area contributed by atoms with Crippen molar-refractivity contribution in [1.29, 1.82) is 0 Å². The Kier molecular flexibility index (Phi) is 5.51. The Hall–Kier alpha value is -3.04. The van der Waals surface area contributed by atoms with Gasteiger partial charge in [0.1, 0.15) is 0 Å². The number of nitrogens with one attached hydrogen (secondary N) is 1. The van der Waals surface area contributed by atoms with Crippen LogP contribution in [0.5, 0.6) is 0 Å². The molecular formula is C24H20N2S. The lowest BCUT2D eigenvalue weighted by atomic mass is 10.1. The SMILES string of the molecule is c1ccc(N=C(Nc2ccccc2)SCc2ccc3ccccc3c2)cc1. The first-order valence-electron chi connectivity index (χ1n) is 8.93. The van der Waals surface area contributed by atoms with E-state index in [1.807, 2.05) is 48.5 Å². The van der Waals surface area contributed by atoms with Crippen molar-refractivity contribution in [3.8, 4) is 0 Å². The number of hydrogen-bond acceptors (Lipinski definition) is 2. The number of nitrogens with zero attached hydrogens (tertiary/aromatic N) is 1. The van der Waals surface area contributed by atoms with E-state index in [0.29, 0.717) is 0 Å². The molecule has 0 aliphatic heterocycles. The van der Waals surface area contributed by atoms with E-state index in [1.54, 1.807) is 11.8 Å². The van der Waals surface area contributed by atoms with Crippen molar-refractivity contribution in [2.45, 2.75) is 5.75 Å². The Morgan fingerprint density at radius 1 is 0.704 bits per heavy atom. The topological polar surface area (TPSA) is 24.4 Å². The minimum atomic E-state index is 0.857. The molecule has 0 saturated carbocycles. The molecule has 4 aromatic rings. The highest BCUT2D eigenvalue weighted by atomic mass is 32.2. The van der Waals surface area contributed by atoms with Gasteiger partial charge >= 0.3 is 0 Å². The summed E-state index contributed by atoms with van der Waals surface area (Å²) in [6.07, 6.45) is 0. The molecule has 0 amide bonds. The molecule has 0 unspecified atom stereocenters. The summed E-state index contributed by atoms with van der Waals surface area (Å²) in [4.78, 5) is 4.80. The molecule has 2 nitrogen and oxygen atoms in total. The van der Waals surface area contributed by atoms with E-state index in [9.17, 15) is 0 Å². The number of para-hydroxylation sites is 2. The predicted octanol–water partition coefficient (Wildman–Crippen LogP) is 6.87. The Morgan fingerprint density at radius 3 is 2.15 bits per heavy atom. The summed E-state index contributed by atoms with van der Waals surface area (Å²) in [5.74, 6) is 0.857. The van der Waals surface area contributed by atoms with Gasteiger partial charge in [-0.05, 0) is 40.6 Å². The van der Waals surface area contributed by atoms with E-state index >= 15 is 0 Å². The maximum atomic E-state index is 4.80. The lowest BCUT2D eigenvalue weighted by Crippen LogP contribution is -2.07. The number of rotatable bonds is 4. The normalized spacial score (nSPS) is 11.5. The molecule has 0 bridgehead atoms. The minimum Gasteiger partial charge on any atom is -0.335 e. The van der Waals surface area contributed by atoms with Crippen LogP contribution in [0.15, 0.2) is 108 Å². The molecule has 4 rings (SSSR count). The first-order valence-corrected chi connectivity index (χ1v) is 9.92. The average molecular weight is 369 g/mol. The van der Waals surface area contributed by atoms with Crippen molar-refractivity contribution in [1.82, 2.24) is 0 Å².